The molecule has 8 heteroatoms. The summed E-state index contributed by atoms with van der Waals surface area (Å²) in [5, 5.41) is 17.9. The fourth-order valence-corrected chi connectivity index (χ4v) is 2.06. The molecule has 0 aromatic carbocycles. The molecular weight excluding hydrogens is 276 g/mol. The Hall–Kier alpha value is -2.38. The van der Waals surface area contributed by atoms with E-state index in [-0.39, 0.29) is 36.3 Å². The van der Waals surface area contributed by atoms with Gasteiger partial charge in [-0.25, -0.2) is 0 Å². The SMILES string of the molecule is CNC(=O)c1c(NC(=O)CC(C)CC(=O)O)c(C)nn1C. The maximum atomic E-state index is 12.0. The predicted octanol–water partition coefficient (Wildman–Crippen LogP) is 0.528. The molecule has 0 saturated carbocycles. The maximum absolute atomic E-state index is 12.0. The van der Waals surface area contributed by atoms with Crippen LogP contribution >= 0.6 is 0 Å². The Bertz CT molecular complexity index is 565. The predicted molar refractivity (Wildman–Crippen MR) is 76.0 cm³/mol. The highest BCUT2D eigenvalue weighted by atomic mass is 16.4. The second-order valence-corrected chi connectivity index (χ2v) is 4.97. The van der Waals surface area contributed by atoms with Gasteiger partial charge in [0.25, 0.3) is 5.91 Å². The largest absolute Gasteiger partial charge is 0.481 e. The summed E-state index contributed by atoms with van der Waals surface area (Å²) >= 11 is 0. The molecule has 1 aromatic rings. The fraction of sp³-hybridized carbons (Fsp3) is 0.538. The monoisotopic (exact) mass is 296 g/mol. The van der Waals surface area contributed by atoms with E-state index in [9.17, 15) is 14.4 Å². The molecule has 1 atom stereocenters. The van der Waals surface area contributed by atoms with Crippen molar-refractivity contribution in [3.05, 3.63) is 11.4 Å². The summed E-state index contributed by atoms with van der Waals surface area (Å²) in [5.74, 6) is -1.93. The van der Waals surface area contributed by atoms with Crippen molar-refractivity contribution in [3.63, 3.8) is 0 Å². The molecule has 1 unspecified atom stereocenters. The third kappa shape index (κ3) is 4.30. The van der Waals surface area contributed by atoms with Crippen LogP contribution in [0, 0.1) is 12.8 Å². The molecule has 0 saturated heterocycles. The number of nitrogens with one attached hydrogen (secondary N) is 2. The Labute approximate surface area is 122 Å². The highest BCUT2D eigenvalue weighted by Crippen LogP contribution is 2.20. The standard InChI is InChI=1S/C13H20N4O4/c1-7(6-10(19)20)5-9(18)15-11-8(2)16-17(4)12(11)13(21)14-3/h7H,5-6H2,1-4H3,(H,14,21)(H,15,18)(H,19,20). The minimum Gasteiger partial charge on any atom is -0.481 e. The number of aryl methyl sites for hydroxylation is 2. The van der Waals surface area contributed by atoms with E-state index in [1.54, 1.807) is 20.9 Å². The van der Waals surface area contributed by atoms with Gasteiger partial charge in [-0.05, 0) is 12.8 Å². The zero-order chi connectivity index (χ0) is 16.2. The first-order valence-electron chi connectivity index (χ1n) is 6.53. The van der Waals surface area contributed by atoms with Gasteiger partial charge < -0.3 is 15.7 Å². The average Bonchev–Trinajstić information content (AvgIpc) is 2.62. The Kier molecular flexibility index (Phi) is 5.45. The second kappa shape index (κ2) is 6.87. The smallest absolute Gasteiger partial charge is 0.303 e. The number of carbonyl (C=O) groups is 3. The van der Waals surface area contributed by atoms with Crippen molar-refractivity contribution in [3.8, 4) is 0 Å². The van der Waals surface area contributed by atoms with Gasteiger partial charge in [0.1, 0.15) is 5.69 Å². The van der Waals surface area contributed by atoms with E-state index in [0.717, 1.165) is 0 Å². The highest BCUT2D eigenvalue weighted by Gasteiger charge is 2.22. The van der Waals surface area contributed by atoms with E-state index in [0.29, 0.717) is 11.4 Å². The maximum Gasteiger partial charge on any atom is 0.303 e. The molecule has 8 nitrogen and oxygen atoms in total. The number of anilines is 1. The van der Waals surface area contributed by atoms with Crippen LogP contribution < -0.4 is 10.6 Å². The van der Waals surface area contributed by atoms with Crippen molar-refractivity contribution < 1.29 is 19.5 Å². The van der Waals surface area contributed by atoms with Crippen molar-refractivity contribution in [1.82, 2.24) is 15.1 Å². The minimum atomic E-state index is -0.945. The minimum absolute atomic E-state index is 0.0633. The first-order chi connectivity index (χ1) is 9.76. The van der Waals surface area contributed by atoms with Crippen LogP contribution in [0.15, 0.2) is 0 Å². The van der Waals surface area contributed by atoms with Crippen molar-refractivity contribution in [2.75, 3.05) is 12.4 Å². The third-order valence-electron chi connectivity index (χ3n) is 2.99. The summed E-state index contributed by atoms with van der Waals surface area (Å²) in [6.45, 7) is 3.37. The Morgan fingerprint density at radius 2 is 1.95 bits per heavy atom. The molecule has 2 amide bonds. The van der Waals surface area contributed by atoms with Gasteiger partial charge in [-0.3, -0.25) is 19.1 Å². The number of carboxylic acids is 1. The lowest BCUT2D eigenvalue weighted by Crippen LogP contribution is -2.24. The summed E-state index contributed by atoms with van der Waals surface area (Å²) in [7, 11) is 3.10. The van der Waals surface area contributed by atoms with Crippen LogP contribution in [0.2, 0.25) is 0 Å². The number of carboxylic acid groups (broad SMARTS) is 1. The van der Waals surface area contributed by atoms with Gasteiger partial charge in [0.2, 0.25) is 5.91 Å². The molecule has 0 bridgehead atoms. The number of rotatable bonds is 6. The van der Waals surface area contributed by atoms with Crippen molar-refractivity contribution in [2.45, 2.75) is 26.7 Å². The number of aliphatic carboxylic acids is 1. The van der Waals surface area contributed by atoms with E-state index in [1.165, 1.54) is 11.7 Å². The molecule has 0 aliphatic carbocycles. The van der Waals surface area contributed by atoms with E-state index >= 15 is 0 Å². The molecular formula is C13H20N4O4. The molecule has 21 heavy (non-hydrogen) atoms. The van der Waals surface area contributed by atoms with Crippen molar-refractivity contribution >= 4 is 23.5 Å². The van der Waals surface area contributed by atoms with Crippen molar-refractivity contribution in [2.24, 2.45) is 13.0 Å². The van der Waals surface area contributed by atoms with E-state index in [2.05, 4.69) is 15.7 Å². The van der Waals surface area contributed by atoms with E-state index < -0.39 is 5.97 Å². The van der Waals surface area contributed by atoms with Gasteiger partial charge in [-0.1, -0.05) is 6.92 Å². The van der Waals surface area contributed by atoms with Crippen LogP contribution in [0.4, 0.5) is 5.69 Å². The summed E-state index contributed by atoms with van der Waals surface area (Å²) in [6, 6.07) is 0. The fourth-order valence-electron chi connectivity index (χ4n) is 2.06. The lowest BCUT2D eigenvalue weighted by Gasteiger charge is -2.10. The van der Waals surface area contributed by atoms with Gasteiger partial charge >= 0.3 is 5.97 Å². The topological polar surface area (TPSA) is 113 Å². The molecule has 1 rings (SSSR count). The molecule has 3 N–H and O–H groups in total. The van der Waals surface area contributed by atoms with Crippen LogP contribution in [0.25, 0.3) is 0 Å². The molecule has 0 aliphatic rings. The molecule has 0 aliphatic heterocycles. The Balaban J connectivity index is 2.85. The zero-order valence-corrected chi connectivity index (χ0v) is 12.6. The number of carbonyl (C=O) groups excluding carboxylic acids is 2. The highest BCUT2D eigenvalue weighted by molar-refractivity contribution is 6.03. The van der Waals surface area contributed by atoms with E-state index in [1.807, 2.05) is 0 Å². The van der Waals surface area contributed by atoms with Gasteiger partial charge in [0.15, 0.2) is 0 Å². The summed E-state index contributed by atoms with van der Waals surface area (Å²) in [6.07, 6.45) is -0.0183. The first kappa shape index (κ1) is 16.7. The lowest BCUT2D eigenvalue weighted by molar-refractivity contribution is -0.138. The molecule has 1 aromatic heterocycles. The number of nitrogens with zero attached hydrogens (tertiary/aromatic N) is 2. The van der Waals surface area contributed by atoms with Crippen LogP contribution in [0.3, 0.4) is 0 Å². The first-order valence-corrected chi connectivity index (χ1v) is 6.53. The molecule has 116 valence electrons. The van der Waals surface area contributed by atoms with Gasteiger partial charge in [-0.15, -0.1) is 0 Å². The van der Waals surface area contributed by atoms with Gasteiger partial charge in [-0.2, -0.15) is 5.10 Å². The lowest BCUT2D eigenvalue weighted by atomic mass is 10.0. The summed E-state index contributed by atoms with van der Waals surface area (Å²) in [5.41, 5.74) is 1.13. The Morgan fingerprint density at radius 1 is 1.33 bits per heavy atom. The summed E-state index contributed by atoms with van der Waals surface area (Å²) < 4.78 is 1.39. The Morgan fingerprint density at radius 3 is 2.48 bits per heavy atom. The van der Waals surface area contributed by atoms with Gasteiger partial charge in [0, 0.05) is 26.9 Å². The number of aromatic nitrogens is 2. The third-order valence-corrected chi connectivity index (χ3v) is 2.99. The van der Waals surface area contributed by atoms with Crippen LogP contribution in [-0.4, -0.2) is 39.7 Å². The quantitative estimate of drug-likeness (QED) is 0.708. The molecule has 0 spiro atoms. The van der Waals surface area contributed by atoms with Crippen LogP contribution in [-0.2, 0) is 16.6 Å². The number of hydrogen-bond acceptors (Lipinski definition) is 4. The second-order valence-electron chi connectivity index (χ2n) is 4.97. The van der Waals surface area contributed by atoms with Gasteiger partial charge in [0.05, 0.1) is 11.4 Å². The molecule has 0 fully saturated rings. The number of amides is 2. The van der Waals surface area contributed by atoms with Crippen molar-refractivity contribution in [1.29, 1.82) is 0 Å². The molecule has 0 radical (unpaired) electrons. The zero-order valence-electron chi connectivity index (χ0n) is 12.6. The summed E-state index contributed by atoms with van der Waals surface area (Å²) in [4.78, 5) is 34.4. The normalized spacial score (nSPS) is 11.8. The average molecular weight is 296 g/mol. The molecule has 1 heterocycles. The number of hydrogen-bond donors (Lipinski definition) is 3. The van der Waals surface area contributed by atoms with E-state index in [4.69, 9.17) is 5.11 Å². The van der Waals surface area contributed by atoms with Crippen LogP contribution in [0.1, 0.15) is 35.9 Å². The van der Waals surface area contributed by atoms with Crippen LogP contribution in [0.5, 0.6) is 0 Å².